The Morgan fingerprint density at radius 1 is 1.19 bits per heavy atom. The molecule has 162 valence electrons. The van der Waals surface area contributed by atoms with Crippen LogP contribution >= 0.6 is 0 Å². The molecular weight excluding hydrogens is 394 g/mol. The van der Waals surface area contributed by atoms with Gasteiger partial charge in [0.1, 0.15) is 5.58 Å². The van der Waals surface area contributed by atoms with Gasteiger partial charge < -0.3 is 14.5 Å². The van der Waals surface area contributed by atoms with Gasteiger partial charge in [0.2, 0.25) is 0 Å². The van der Waals surface area contributed by atoms with Gasteiger partial charge in [-0.3, -0.25) is 9.59 Å². The summed E-state index contributed by atoms with van der Waals surface area (Å²) >= 11 is 0. The standard InChI is InChI=1S/C25H27NO5/c1-13(2)31-24(29)20-14(3)26-17-10-25(4,5)11-18(27)22(17)21(20)16-12-30-19-9-7-6-8-15(19)23(16)28/h6-9,12-13,21,26H,10-11H2,1-5H3/t21-/m0/s1. The van der Waals surface area contributed by atoms with Crippen molar-refractivity contribution < 1.29 is 18.7 Å². The van der Waals surface area contributed by atoms with E-state index in [1.807, 2.05) is 13.8 Å². The third-order valence-electron chi connectivity index (χ3n) is 5.82. The van der Waals surface area contributed by atoms with Crippen LogP contribution in [0.5, 0.6) is 0 Å². The Balaban J connectivity index is 1.97. The molecule has 0 saturated carbocycles. The number of hydrogen-bond acceptors (Lipinski definition) is 6. The molecule has 0 amide bonds. The van der Waals surface area contributed by atoms with Crippen molar-refractivity contribution in [3.63, 3.8) is 0 Å². The molecule has 6 heteroatoms. The third kappa shape index (κ3) is 3.71. The van der Waals surface area contributed by atoms with Gasteiger partial charge in [-0.15, -0.1) is 0 Å². The fraction of sp³-hybridized carbons (Fsp3) is 0.400. The number of ether oxygens (including phenoxy) is 1. The molecule has 1 aliphatic heterocycles. The van der Waals surface area contributed by atoms with E-state index in [0.717, 1.165) is 5.70 Å². The molecule has 1 aromatic carbocycles. The van der Waals surface area contributed by atoms with E-state index in [1.54, 1.807) is 45.0 Å². The quantitative estimate of drug-likeness (QED) is 0.742. The molecule has 1 atom stereocenters. The second kappa shape index (κ2) is 7.52. The van der Waals surface area contributed by atoms with Crippen molar-refractivity contribution in [2.75, 3.05) is 0 Å². The first-order valence-corrected chi connectivity index (χ1v) is 10.5. The van der Waals surface area contributed by atoms with Crippen molar-refractivity contribution in [2.45, 2.75) is 59.5 Å². The smallest absolute Gasteiger partial charge is 0.337 e. The highest BCUT2D eigenvalue weighted by atomic mass is 16.5. The summed E-state index contributed by atoms with van der Waals surface area (Å²) in [5.41, 5.74) is 2.37. The Kier molecular flexibility index (Phi) is 5.12. The molecular formula is C25H27NO5. The van der Waals surface area contributed by atoms with Crippen LogP contribution in [0.15, 0.2) is 62.3 Å². The maximum Gasteiger partial charge on any atom is 0.337 e. The summed E-state index contributed by atoms with van der Waals surface area (Å²) in [5.74, 6) is -1.44. The highest BCUT2D eigenvalue weighted by molar-refractivity contribution is 6.04. The van der Waals surface area contributed by atoms with Crippen molar-refractivity contribution >= 4 is 22.7 Å². The van der Waals surface area contributed by atoms with Gasteiger partial charge in [0, 0.05) is 29.0 Å². The lowest BCUT2D eigenvalue weighted by Gasteiger charge is -2.39. The molecule has 2 aromatic rings. The maximum atomic E-state index is 13.4. The molecule has 0 radical (unpaired) electrons. The largest absolute Gasteiger partial charge is 0.464 e. The number of dihydropyridines is 1. The zero-order valence-corrected chi connectivity index (χ0v) is 18.5. The van der Waals surface area contributed by atoms with Crippen molar-refractivity contribution in [2.24, 2.45) is 5.41 Å². The zero-order valence-electron chi connectivity index (χ0n) is 18.5. The lowest BCUT2D eigenvalue weighted by atomic mass is 9.68. The number of rotatable bonds is 3. The Labute approximate surface area is 181 Å². The minimum absolute atomic E-state index is 0.0707. The van der Waals surface area contributed by atoms with Gasteiger partial charge >= 0.3 is 5.97 Å². The fourth-order valence-corrected chi connectivity index (χ4v) is 4.59. The molecule has 0 fully saturated rings. The van der Waals surface area contributed by atoms with E-state index >= 15 is 0 Å². The van der Waals surface area contributed by atoms with E-state index in [4.69, 9.17) is 9.15 Å². The van der Waals surface area contributed by atoms with Crippen LogP contribution in [0.1, 0.15) is 58.9 Å². The Hall–Kier alpha value is -3.15. The van der Waals surface area contributed by atoms with E-state index in [2.05, 4.69) is 5.32 Å². The number of benzene rings is 1. The second-order valence-corrected chi connectivity index (χ2v) is 9.40. The van der Waals surface area contributed by atoms with Crippen molar-refractivity contribution in [1.82, 2.24) is 5.32 Å². The van der Waals surface area contributed by atoms with E-state index in [0.29, 0.717) is 35.1 Å². The predicted molar refractivity (Wildman–Crippen MR) is 117 cm³/mol. The van der Waals surface area contributed by atoms with Gasteiger partial charge in [-0.1, -0.05) is 26.0 Å². The molecule has 0 spiro atoms. The molecule has 31 heavy (non-hydrogen) atoms. The summed E-state index contributed by atoms with van der Waals surface area (Å²) in [6, 6.07) is 6.96. The van der Waals surface area contributed by atoms with Gasteiger partial charge in [-0.2, -0.15) is 0 Å². The van der Waals surface area contributed by atoms with Crippen molar-refractivity contribution in [1.29, 1.82) is 0 Å². The number of ketones is 1. The van der Waals surface area contributed by atoms with Gasteiger partial charge in [0.15, 0.2) is 11.2 Å². The van der Waals surface area contributed by atoms with Crippen LogP contribution in [-0.2, 0) is 14.3 Å². The maximum absolute atomic E-state index is 13.4. The van der Waals surface area contributed by atoms with Crippen LogP contribution in [0.3, 0.4) is 0 Å². The van der Waals surface area contributed by atoms with Crippen LogP contribution in [0.4, 0.5) is 0 Å². The monoisotopic (exact) mass is 421 g/mol. The van der Waals surface area contributed by atoms with E-state index in [9.17, 15) is 14.4 Å². The Morgan fingerprint density at radius 3 is 2.61 bits per heavy atom. The summed E-state index contributed by atoms with van der Waals surface area (Å²) in [4.78, 5) is 39.8. The Morgan fingerprint density at radius 2 is 1.90 bits per heavy atom. The number of Topliss-reactive ketones (excluding diaryl/α,β-unsaturated/α-hetero) is 1. The number of allylic oxidation sites excluding steroid dienone is 3. The summed E-state index contributed by atoms with van der Waals surface area (Å²) in [7, 11) is 0. The number of nitrogens with one attached hydrogen (secondary N) is 1. The van der Waals surface area contributed by atoms with Crippen LogP contribution in [0.25, 0.3) is 11.0 Å². The number of carbonyl (C=O) groups is 2. The first kappa shape index (κ1) is 21.1. The average molecular weight is 421 g/mol. The summed E-state index contributed by atoms with van der Waals surface area (Å²) < 4.78 is 11.2. The van der Waals surface area contributed by atoms with Gasteiger partial charge in [0.25, 0.3) is 0 Å². The molecule has 0 saturated heterocycles. The number of para-hydroxylation sites is 1. The van der Waals surface area contributed by atoms with Crippen LogP contribution in [0, 0.1) is 5.41 Å². The topological polar surface area (TPSA) is 85.6 Å². The first-order valence-electron chi connectivity index (χ1n) is 10.5. The Bertz CT molecular complexity index is 1210. The number of fused-ring (bicyclic) bond motifs is 1. The summed E-state index contributed by atoms with van der Waals surface area (Å²) in [6.07, 6.45) is 2.04. The molecule has 0 bridgehead atoms. The highest BCUT2D eigenvalue weighted by Crippen LogP contribution is 2.46. The molecule has 2 aliphatic rings. The minimum atomic E-state index is -0.827. The average Bonchev–Trinajstić information content (AvgIpc) is 2.65. The van der Waals surface area contributed by atoms with Crippen LogP contribution in [-0.4, -0.2) is 17.9 Å². The molecule has 4 rings (SSSR count). The van der Waals surface area contributed by atoms with Crippen LogP contribution in [0.2, 0.25) is 0 Å². The lowest BCUT2D eigenvalue weighted by molar-refractivity contribution is -0.143. The molecule has 6 nitrogen and oxygen atoms in total. The van der Waals surface area contributed by atoms with Gasteiger partial charge in [-0.05, 0) is 44.7 Å². The molecule has 1 aromatic heterocycles. The third-order valence-corrected chi connectivity index (χ3v) is 5.82. The first-order chi connectivity index (χ1) is 14.6. The molecule has 2 heterocycles. The zero-order chi connectivity index (χ0) is 22.5. The number of esters is 1. The van der Waals surface area contributed by atoms with Gasteiger partial charge in [0.05, 0.1) is 29.2 Å². The van der Waals surface area contributed by atoms with Crippen molar-refractivity contribution in [3.8, 4) is 0 Å². The molecule has 1 aliphatic carbocycles. The predicted octanol–water partition coefficient (Wildman–Crippen LogP) is 4.35. The second-order valence-electron chi connectivity index (χ2n) is 9.40. The molecule has 0 unspecified atom stereocenters. The van der Waals surface area contributed by atoms with E-state index in [1.165, 1.54) is 6.26 Å². The SMILES string of the molecule is CC1=C(C(=O)OC(C)C)[C@H](c2coc3ccccc3c2=O)C2=C(CC(C)(C)CC2=O)N1. The number of hydrogen-bond donors (Lipinski definition) is 1. The van der Waals surface area contributed by atoms with E-state index in [-0.39, 0.29) is 33.9 Å². The fourth-order valence-electron chi connectivity index (χ4n) is 4.59. The van der Waals surface area contributed by atoms with E-state index < -0.39 is 11.9 Å². The van der Waals surface area contributed by atoms with Gasteiger partial charge in [-0.25, -0.2) is 4.79 Å². The normalized spacial score (nSPS) is 20.7. The summed E-state index contributed by atoms with van der Waals surface area (Å²) in [5, 5.41) is 3.69. The summed E-state index contributed by atoms with van der Waals surface area (Å²) in [6.45, 7) is 9.39. The lowest BCUT2D eigenvalue weighted by Crippen LogP contribution is -2.40. The highest BCUT2D eigenvalue weighted by Gasteiger charge is 2.44. The minimum Gasteiger partial charge on any atom is -0.464 e. The number of carbonyl (C=O) groups excluding carboxylic acids is 2. The van der Waals surface area contributed by atoms with Crippen molar-refractivity contribution in [3.05, 3.63) is 68.9 Å². The van der Waals surface area contributed by atoms with Crippen LogP contribution < -0.4 is 10.7 Å². The molecule has 1 N–H and O–H groups in total.